The summed E-state index contributed by atoms with van der Waals surface area (Å²) in [4.78, 5) is 0. The van der Waals surface area contributed by atoms with Crippen LogP contribution in [0.3, 0.4) is 0 Å². The summed E-state index contributed by atoms with van der Waals surface area (Å²) in [7, 11) is 1.62. The van der Waals surface area contributed by atoms with Crippen LogP contribution in [0, 0.1) is 6.92 Å². The van der Waals surface area contributed by atoms with E-state index in [-0.39, 0.29) is 0 Å². The van der Waals surface area contributed by atoms with Crippen LogP contribution in [0.1, 0.15) is 30.1 Å². The van der Waals surface area contributed by atoms with Crippen molar-refractivity contribution in [3.8, 4) is 5.75 Å². The van der Waals surface area contributed by atoms with Gasteiger partial charge < -0.3 is 14.6 Å². The Morgan fingerprint density at radius 2 is 2.24 bits per heavy atom. The summed E-state index contributed by atoms with van der Waals surface area (Å²) < 4.78 is 10.5. The molecule has 1 aliphatic heterocycles. The van der Waals surface area contributed by atoms with Gasteiger partial charge in [0.25, 0.3) is 0 Å². The van der Waals surface area contributed by atoms with E-state index in [0.29, 0.717) is 0 Å². The van der Waals surface area contributed by atoms with Crippen molar-refractivity contribution in [3.63, 3.8) is 0 Å². The SMILES string of the molecule is COc1ccc(C)cc1C(O)C1=COCCC1. The average Bonchev–Trinajstić information content (AvgIpc) is 2.39. The number of benzene rings is 1. The molecule has 1 atom stereocenters. The zero-order chi connectivity index (χ0) is 12.3. The normalized spacial score (nSPS) is 17.0. The maximum Gasteiger partial charge on any atom is 0.125 e. The number of aliphatic hydroxyl groups excluding tert-OH is 1. The minimum absolute atomic E-state index is 0.634. The molecule has 0 fully saturated rings. The van der Waals surface area contributed by atoms with Crippen LogP contribution >= 0.6 is 0 Å². The topological polar surface area (TPSA) is 38.7 Å². The molecule has 3 heteroatoms. The van der Waals surface area contributed by atoms with Crippen molar-refractivity contribution in [1.29, 1.82) is 0 Å². The van der Waals surface area contributed by atoms with Gasteiger partial charge in [0.05, 0.1) is 20.0 Å². The van der Waals surface area contributed by atoms with E-state index < -0.39 is 6.10 Å². The van der Waals surface area contributed by atoms with E-state index in [1.165, 1.54) is 0 Å². The monoisotopic (exact) mass is 234 g/mol. The maximum absolute atomic E-state index is 10.4. The first-order valence-electron chi connectivity index (χ1n) is 5.85. The fourth-order valence-corrected chi connectivity index (χ4v) is 2.05. The number of aliphatic hydroxyl groups is 1. The minimum Gasteiger partial charge on any atom is -0.501 e. The number of rotatable bonds is 3. The van der Waals surface area contributed by atoms with Gasteiger partial charge in [0.1, 0.15) is 11.9 Å². The molecule has 0 spiro atoms. The summed E-state index contributed by atoms with van der Waals surface area (Å²) >= 11 is 0. The molecule has 1 heterocycles. The fourth-order valence-electron chi connectivity index (χ4n) is 2.05. The number of hydrogen-bond acceptors (Lipinski definition) is 3. The van der Waals surface area contributed by atoms with Crippen LogP contribution in [0.15, 0.2) is 30.0 Å². The molecule has 1 aromatic carbocycles. The van der Waals surface area contributed by atoms with Crippen molar-refractivity contribution >= 4 is 0 Å². The first kappa shape index (κ1) is 12.0. The molecule has 1 aromatic rings. The van der Waals surface area contributed by atoms with Crippen LogP contribution < -0.4 is 4.74 Å². The van der Waals surface area contributed by atoms with Gasteiger partial charge in [0.15, 0.2) is 0 Å². The van der Waals surface area contributed by atoms with E-state index in [2.05, 4.69) is 0 Å². The molecular formula is C14H18O3. The molecule has 1 unspecified atom stereocenters. The maximum atomic E-state index is 10.4. The van der Waals surface area contributed by atoms with Crippen molar-refractivity contribution in [2.75, 3.05) is 13.7 Å². The molecule has 17 heavy (non-hydrogen) atoms. The molecule has 0 bridgehead atoms. The summed E-state index contributed by atoms with van der Waals surface area (Å²) in [5.74, 6) is 0.717. The Labute approximate surface area is 102 Å². The van der Waals surface area contributed by atoms with Crippen LogP contribution in [0.4, 0.5) is 0 Å². The van der Waals surface area contributed by atoms with Crippen molar-refractivity contribution < 1.29 is 14.6 Å². The van der Waals surface area contributed by atoms with Crippen LogP contribution in [-0.2, 0) is 4.74 Å². The number of ether oxygens (including phenoxy) is 2. The number of aryl methyl sites for hydroxylation is 1. The molecule has 0 saturated heterocycles. The van der Waals surface area contributed by atoms with Gasteiger partial charge in [-0.15, -0.1) is 0 Å². The van der Waals surface area contributed by atoms with E-state index in [0.717, 1.165) is 41.9 Å². The van der Waals surface area contributed by atoms with E-state index >= 15 is 0 Å². The zero-order valence-electron chi connectivity index (χ0n) is 10.3. The third-order valence-electron chi connectivity index (χ3n) is 2.99. The largest absolute Gasteiger partial charge is 0.501 e. The fraction of sp³-hybridized carbons (Fsp3) is 0.429. The van der Waals surface area contributed by atoms with E-state index in [9.17, 15) is 5.11 Å². The van der Waals surface area contributed by atoms with Crippen molar-refractivity contribution in [1.82, 2.24) is 0 Å². The van der Waals surface area contributed by atoms with Gasteiger partial charge in [0.2, 0.25) is 0 Å². The molecule has 1 N–H and O–H groups in total. The second-order valence-electron chi connectivity index (χ2n) is 4.32. The highest BCUT2D eigenvalue weighted by atomic mass is 16.5. The van der Waals surface area contributed by atoms with Gasteiger partial charge in [-0.3, -0.25) is 0 Å². The number of methoxy groups -OCH3 is 1. The lowest BCUT2D eigenvalue weighted by Gasteiger charge is -2.21. The summed E-state index contributed by atoms with van der Waals surface area (Å²) in [5.41, 5.74) is 2.83. The molecule has 2 rings (SSSR count). The zero-order valence-corrected chi connectivity index (χ0v) is 10.3. The summed E-state index contributed by atoms with van der Waals surface area (Å²) in [6.07, 6.45) is 2.87. The molecular weight excluding hydrogens is 216 g/mol. The van der Waals surface area contributed by atoms with Crippen LogP contribution in [0.5, 0.6) is 5.75 Å². The third kappa shape index (κ3) is 2.61. The first-order chi connectivity index (χ1) is 8.22. The Kier molecular flexibility index (Phi) is 3.69. The minimum atomic E-state index is -0.634. The molecule has 0 saturated carbocycles. The van der Waals surface area contributed by atoms with Gasteiger partial charge >= 0.3 is 0 Å². The average molecular weight is 234 g/mol. The molecule has 3 nitrogen and oxygen atoms in total. The predicted molar refractivity (Wildman–Crippen MR) is 66.0 cm³/mol. The van der Waals surface area contributed by atoms with E-state index in [1.807, 2.05) is 25.1 Å². The Morgan fingerprint density at radius 3 is 2.88 bits per heavy atom. The molecule has 0 amide bonds. The molecule has 1 aliphatic rings. The van der Waals surface area contributed by atoms with Crippen LogP contribution in [0.2, 0.25) is 0 Å². The van der Waals surface area contributed by atoms with Crippen molar-refractivity contribution in [3.05, 3.63) is 41.2 Å². The number of hydrogen-bond donors (Lipinski definition) is 1. The Balaban J connectivity index is 2.31. The van der Waals surface area contributed by atoms with Gasteiger partial charge in [-0.1, -0.05) is 11.6 Å². The Bertz CT molecular complexity index is 423. The predicted octanol–water partition coefficient (Wildman–Crippen LogP) is 2.73. The van der Waals surface area contributed by atoms with E-state index in [4.69, 9.17) is 9.47 Å². The van der Waals surface area contributed by atoms with Gasteiger partial charge in [0, 0.05) is 5.56 Å². The molecule has 92 valence electrons. The van der Waals surface area contributed by atoms with E-state index in [1.54, 1.807) is 13.4 Å². The summed E-state index contributed by atoms with van der Waals surface area (Å²) in [6.45, 7) is 2.74. The van der Waals surface area contributed by atoms with Crippen molar-refractivity contribution in [2.24, 2.45) is 0 Å². The highest BCUT2D eigenvalue weighted by Gasteiger charge is 2.19. The lowest BCUT2D eigenvalue weighted by molar-refractivity contribution is 0.168. The highest BCUT2D eigenvalue weighted by molar-refractivity contribution is 5.41. The van der Waals surface area contributed by atoms with Gasteiger partial charge in [-0.25, -0.2) is 0 Å². The first-order valence-corrected chi connectivity index (χ1v) is 5.85. The third-order valence-corrected chi connectivity index (χ3v) is 2.99. The molecule has 0 radical (unpaired) electrons. The summed E-state index contributed by atoms with van der Waals surface area (Å²) in [6, 6.07) is 5.82. The molecule has 0 aliphatic carbocycles. The second kappa shape index (κ2) is 5.23. The van der Waals surface area contributed by atoms with Gasteiger partial charge in [-0.2, -0.15) is 0 Å². The second-order valence-corrected chi connectivity index (χ2v) is 4.32. The van der Waals surface area contributed by atoms with Gasteiger partial charge in [-0.05, 0) is 37.5 Å². The summed E-state index contributed by atoms with van der Waals surface area (Å²) in [5, 5.41) is 10.4. The quantitative estimate of drug-likeness (QED) is 0.874. The van der Waals surface area contributed by atoms with Crippen LogP contribution in [0.25, 0.3) is 0 Å². The Hall–Kier alpha value is -1.48. The lowest BCUT2D eigenvalue weighted by atomic mass is 9.96. The smallest absolute Gasteiger partial charge is 0.125 e. The highest BCUT2D eigenvalue weighted by Crippen LogP contribution is 2.33. The standard InChI is InChI=1S/C14H18O3/c1-10-5-6-13(16-2)12(8-10)14(15)11-4-3-7-17-9-11/h5-6,8-9,14-15H,3-4,7H2,1-2H3. The van der Waals surface area contributed by atoms with Crippen LogP contribution in [-0.4, -0.2) is 18.8 Å². The lowest BCUT2D eigenvalue weighted by Crippen LogP contribution is -2.09. The molecule has 0 aromatic heterocycles. The van der Waals surface area contributed by atoms with Crippen molar-refractivity contribution in [2.45, 2.75) is 25.9 Å². The Morgan fingerprint density at radius 1 is 1.41 bits per heavy atom.